The van der Waals surface area contributed by atoms with E-state index in [0.29, 0.717) is 18.9 Å². The van der Waals surface area contributed by atoms with Crippen LogP contribution in [0.4, 0.5) is 4.79 Å². The lowest BCUT2D eigenvalue weighted by molar-refractivity contribution is -0.109. The molecule has 1 aliphatic heterocycles. The molecule has 0 aromatic rings. The molecule has 1 fully saturated rings. The highest BCUT2D eigenvalue weighted by Crippen LogP contribution is 2.20. The van der Waals surface area contributed by atoms with Gasteiger partial charge in [-0.05, 0) is 39.5 Å². The maximum Gasteiger partial charge on any atom is 0.410 e. The van der Waals surface area contributed by atoms with Crippen LogP contribution in [0.15, 0.2) is 0 Å². The quantitative estimate of drug-likeness (QED) is 0.679. The number of amides is 1. The van der Waals surface area contributed by atoms with Crippen molar-refractivity contribution in [1.82, 2.24) is 4.90 Å². The Labute approximate surface area is 96.9 Å². The van der Waals surface area contributed by atoms with Gasteiger partial charge in [0.2, 0.25) is 0 Å². The first-order valence-corrected chi connectivity index (χ1v) is 5.84. The summed E-state index contributed by atoms with van der Waals surface area (Å²) in [6.45, 7) is 6.96. The van der Waals surface area contributed by atoms with Gasteiger partial charge in [0.1, 0.15) is 11.9 Å². The van der Waals surface area contributed by atoms with Crippen LogP contribution in [-0.4, -0.2) is 36.0 Å². The van der Waals surface area contributed by atoms with E-state index < -0.39 is 5.60 Å². The second kappa shape index (κ2) is 5.32. The molecular weight excluding hydrogens is 206 g/mol. The smallest absolute Gasteiger partial charge is 0.410 e. The minimum atomic E-state index is -0.450. The molecule has 0 N–H and O–H groups in total. The second-order valence-electron chi connectivity index (χ2n) is 5.34. The first kappa shape index (κ1) is 13.0. The number of nitrogens with zero attached hydrogens (tertiary/aromatic N) is 1. The van der Waals surface area contributed by atoms with E-state index in [1.54, 1.807) is 4.90 Å². The van der Waals surface area contributed by atoms with Gasteiger partial charge < -0.3 is 14.4 Å². The number of piperidine rings is 1. The van der Waals surface area contributed by atoms with E-state index in [-0.39, 0.29) is 6.09 Å². The molecule has 16 heavy (non-hydrogen) atoms. The summed E-state index contributed by atoms with van der Waals surface area (Å²) in [7, 11) is 0. The summed E-state index contributed by atoms with van der Waals surface area (Å²) < 4.78 is 5.30. The molecule has 4 nitrogen and oxygen atoms in total. The lowest BCUT2D eigenvalue weighted by atomic mass is 9.96. The molecule has 0 saturated carbocycles. The van der Waals surface area contributed by atoms with Crippen LogP contribution in [0.25, 0.3) is 0 Å². The van der Waals surface area contributed by atoms with Crippen molar-refractivity contribution in [2.24, 2.45) is 5.92 Å². The first-order chi connectivity index (χ1) is 7.42. The molecular formula is C12H21NO3. The van der Waals surface area contributed by atoms with Gasteiger partial charge in [0.25, 0.3) is 0 Å². The normalized spacial score (nSPS) is 21.7. The molecule has 0 spiro atoms. The summed E-state index contributed by atoms with van der Waals surface area (Å²) in [5, 5.41) is 0. The van der Waals surface area contributed by atoms with E-state index in [1.807, 2.05) is 20.8 Å². The minimum Gasteiger partial charge on any atom is -0.444 e. The predicted molar refractivity (Wildman–Crippen MR) is 61.2 cm³/mol. The van der Waals surface area contributed by atoms with Gasteiger partial charge in [-0.2, -0.15) is 0 Å². The van der Waals surface area contributed by atoms with Gasteiger partial charge in [-0.1, -0.05) is 0 Å². The van der Waals surface area contributed by atoms with Crippen LogP contribution >= 0.6 is 0 Å². The molecule has 1 aliphatic rings. The summed E-state index contributed by atoms with van der Waals surface area (Å²) in [4.78, 5) is 23.9. The fraction of sp³-hybridized carbons (Fsp3) is 0.833. The molecule has 0 aromatic heterocycles. The van der Waals surface area contributed by atoms with Crippen molar-refractivity contribution in [2.45, 2.75) is 45.6 Å². The molecule has 92 valence electrons. The Balaban J connectivity index is 2.47. The molecule has 1 saturated heterocycles. The largest absolute Gasteiger partial charge is 0.444 e. The second-order valence-corrected chi connectivity index (χ2v) is 5.34. The molecule has 0 aliphatic carbocycles. The number of hydrogen-bond donors (Lipinski definition) is 0. The SMILES string of the molecule is CC(C)(C)OC(=O)N1CCC[C@H](CC=O)C1. The molecule has 1 atom stereocenters. The molecule has 1 heterocycles. The van der Waals surface area contributed by atoms with Crippen LogP contribution in [0.5, 0.6) is 0 Å². The average molecular weight is 227 g/mol. The van der Waals surface area contributed by atoms with Crippen molar-refractivity contribution in [1.29, 1.82) is 0 Å². The molecule has 0 unspecified atom stereocenters. The van der Waals surface area contributed by atoms with Crippen LogP contribution in [0.3, 0.4) is 0 Å². The van der Waals surface area contributed by atoms with Crippen LogP contribution in [0, 0.1) is 5.92 Å². The van der Waals surface area contributed by atoms with E-state index in [4.69, 9.17) is 4.74 Å². The Bertz CT molecular complexity index is 257. The first-order valence-electron chi connectivity index (χ1n) is 5.84. The van der Waals surface area contributed by atoms with Crippen LogP contribution in [0.2, 0.25) is 0 Å². The highest BCUT2D eigenvalue weighted by Gasteiger charge is 2.27. The third-order valence-corrected chi connectivity index (χ3v) is 2.60. The standard InChI is InChI=1S/C12H21NO3/c1-12(2,3)16-11(15)13-7-4-5-10(9-13)6-8-14/h8,10H,4-7,9H2,1-3H3/t10-/m1/s1. The highest BCUT2D eigenvalue weighted by atomic mass is 16.6. The Morgan fingerprint density at radius 1 is 1.50 bits per heavy atom. The molecule has 0 aromatic carbocycles. The number of likely N-dealkylation sites (tertiary alicyclic amines) is 1. The zero-order valence-corrected chi connectivity index (χ0v) is 10.4. The van der Waals surface area contributed by atoms with Gasteiger partial charge in [-0.15, -0.1) is 0 Å². The minimum absolute atomic E-state index is 0.261. The topological polar surface area (TPSA) is 46.6 Å². The maximum absolute atomic E-state index is 11.8. The van der Waals surface area contributed by atoms with Crippen LogP contribution in [0.1, 0.15) is 40.0 Å². The third kappa shape index (κ3) is 4.21. The fourth-order valence-electron chi connectivity index (χ4n) is 1.89. The Morgan fingerprint density at radius 2 is 2.19 bits per heavy atom. The molecule has 0 radical (unpaired) electrons. The van der Waals surface area contributed by atoms with Gasteiger partial charge in [0, 0.05) is 19.5 Å². The summed E-state index contributed by atoms with van der Waals surface area (Å²) in [6.07, 6.45) is 3.20. The Morgan fingerprint density at radius 3 is 2.75 bits per heavy atom. The number of carbonyl (C=O) groups excluding carboxylic acids is 2. The van der Waals surface area contributed by atoms with Crippen molar-refractivity contribution in [3.05, 3.63) is 0 Å². The lowest BCUT2D eigenvalue weighted by Crippen LogP contribution is -2.42. The van der Waals surface area contributed by atoms with Gasteiger partial charge in [-0.25, -0.2) is 4.79 Å². The van der Waals surface area contributed by atoms with Crippen molar-refractivity contribution >= 4 is 12.4 Å². The monoisotopic (exact) mass is 227 g/mol. The molecule has 4 heteroatoms. The number of ether oxygens (including phenoxy) is 1. The van der Waals surface area contributed by atoms with E-state index in [2.05, 4.69) is 0 Å². The van der Waals surface area contributed by atoms with Gasteiger partial charge >= 0.3 is 6.09 Å². The van der Waals surface area contributed by atoms with Crippen molar-refractivity contribution < 1.29 is 14.3 Å². The number of hydrogen-bond acceptors (Lipinski definition) is 3. The van der Waals surface area contributed by atoms with Gasteiger partial charge in [-0.3, -0.25) is 0 Å². The highest BCUT2D eigenvalue weighted by molar-refractivity contribution is 5.68. The summed E-state index contributed by atoms with van der Waals surface area (Å²) in [5.74, 6) is 0.304. The summed E-state index contributed by atoms with van der Waals surface area (Å²) >= 11 is 0. The summed E-state index contributed by atoms with van der Waals surface area (Å²) in [6, 6.07) is 0. The third-order valence-electron chi connectivity index (χ3n) is 2.60. The zero-order valence-electron chi connectivity index (χ0n) is 10.4. The lowest BCUT2D eigenvalue weighted by Gasteiger charge is -2.33. The molecule has 1 amide bonds. The predicted octanol–water partition coefficient (Wildman–Crippen LogP) is 2.22. The molecule has 0 bridgehead atoms. The van der Waals surface area contributed by atoms with Gasteiger partial charge in [0.15, 0.2) is 0 Å². The number of rotatable bonds is 2. The zero-order chi connectivity index (χ0) is 12.2. The van der Waals surface area contributed by atoms with Crippen LogP contribution in [-0.2, 0) is 9.53 Å². The van der Waals surface area contributed by atoms with Crippen molar-refractivity contribution in [3.8, 4) is 0 Å². The maximum atomic E-state index is 11.8. The summed E-state index contributed by atoms with van der Waals surface area (Å²) in [5.41, 5.74) is -0.450. The Hall–Kier alpha value is -1.06. The van der Waals surface area contributed by atoms with Crippen molar-refractivity contribution in [2.75, 3.05) is 13.1 Å². The van der Waals surface area contributed by atoms with E-state index in [9.17, 15) is 9.59 Å². The molecule has 1 rings (SSSR count). The fourth-order valence-corrected chi connectivity index (χ4v) is 1.89. The van der Waals surface area contributed by atoms with E-state index >= 15 is 0 Å². The van der Waals surface area contributed by atoms with Gasteiger partial charge in [0.05, 0.1) is 0 Å². The number of aldehydes is 1. The average Bonchev–Trinajstić information content (AvgIpc) is 2.16. The number of carbonyl (C=O) groups is 2. The van der Waals surface area contributed by atoms with E-state index in [0.717, 1.165) is 25.7 Å². The van der Waals surface area contributed by atoms with E-state index in [1.165, 1.54) is 0 Å². The van der Waals surface area contributed by atoms with Crippen LogP contribution < -0.4 is 0 Å². The van der Waals surface area contributed by atoms with Crippen molar-refractivity contribution in [3.63, 3.8) is 0 Å². The Kier molecular flexibility index (Phi) is 4.33.